The molecule has 0 bridgehead atoms. The number of carbonyl (C=O) groups is 1. The number of rotatable bonds is 5. The number of nitrogens with zero attached hydrogens (tertiary/aromatic N) is 2. The average molecular weight is 456 g/mol. The first-order valence-electron chi connectivity index (χ1n) is 9.14. The van der Waals surface area contributed by atoms with Gasteiger partial charge in [-0.3, -0.25) is 9.59 Å². The summed E-state index contributed by atoms with van der Waals surface area (Å²) in [7, 11) is 1.35. The number of hydrogen-bond donors (Lipinski definition) is 1. The fourth-order valence-electron chi connectivity index (χ4n) is 3.24. The van der Waals surface area contributed by atoms with Crippen molar-refractivity contribution >= 4 is 50.5 Å². The molecule has 0 unspecified atom stereocenters. The smallest absolute Gasteiger partial charge is 0.397 e. The van der Waals surface area contributed by atoms with E-state index in [4.69, 9.17) is 5.73 Å². The zero-order valence-electron chi connectivity index (χ0n) is 16.5. The highest BCUT2D eigenvalue weighted by atomic mass is 32.2. The molecule has 0 atom stereocenters. The largest absolute Gasteiger partial charge is 0.431 e. The minimum atomic E-state index is -4.74. The maximum absolute atomic E-state index is 13.3. The first-order chi connectivity index (χ1) is 14.1. The van der Waals surface area contributed by atoms with Gasteiger partial charge in [-0.25, -0.2) is 0 Å². The third-order valence-electron chi connectivity index (χ3n) is 4.58. The SMILES string of the molecule is CCSc1c(C(=O)N(C)c2c(N)cc(C(F)(F)F)n(CC)c2=O)sc2ccccc12. The van der Waals surface area contributed by atoms with Crippen LogP contribution in [0.5, 0.6) is 0 Å². The minimum absolute atomic E-state index is 0.206. The van der Waals surface area contributed by atoms with Crippen LogP contribution in [0.25, 0.3) is 10.1 Å². The van der Waals surface area contributed by atoms with E-state index in [0.717, 1.165) is 25.6 Å². The van der Waals surface area contributed by atoms with E-state index in [9.17, 15) is 22.8 Å². The number of amides is 1. The summed E-state index contributed by atoms with van der Waals surface area (Å²) in [6, 6.07) is 8.26. The van der Waals surface area contributed by atoms with Gasteiger partial charge in [-0.2, -0.15) is 13.2 Å². The van der Waals surface area contributed by atoms with Crippen molar-refractivity contribution in [3.05, 3.63) is 51.3 Å². The van der Waals surface area contributed by atoms with E-state index < -0.39 is 29.0 Å². The van der Waals surface area contributed by atoms with Gasteiger partial charge in [-0.1, -0.05) is 25.1 Å². The molecule has 3 rings (SSSR count). The molecule has 5 nitrogen and oxygen atoms in total. The number of carbonyl (C=O) groups excluding carboxylic acids is 1. The number of anilines is 2. The maximum Gasteiger partial charge on any atom is 0.431 e. The molecule has 2 heterocycles. The molecule has 30 heavy (non-hydrogen) atoms. The Morgan fingerprint density at radius 3 is 2.53 bits per heavy atom. The van der Waals surface area contributed by atoms with Crippen LogP contribution in [0.15, 0.2) is 40.0 Å². The van der Waals surface area contributed by atoms with E-state index in [1.165, 1.54) is 37.1 Å². The lowest BCUT2D eigenvalue weighted by Crippen LogP contribution is -2.37. The van der Waals surface area contributed by atoms with Crippen LogP contribution in [0.3, 0.4) is 0 Å². The number of halogens is 3. The van der Waals surface area contributed by atoms with Crippen molar-refractivity contribution in [3.8, 4) is 0 Å². The molecule has 0 saturated carbocycles. The first-order valence-corrected chi connectivity index (χ1v) is 10.9. The molecule has 2 aromatic heterocycles. The molecular formula is C20H20F3N3O2S2. The molecule has 160 valence electrons. The van der Waals surface area contributed by atoms with Crippen molar-refractivity contribution in [3.63, 3.8) is 0 Å². The standard InChI is InChI=1S/C20H20F3N3O2S2/c1-4-26-14(20(21,22)23)10-12(24)15(18(26)27)25(3)19(28)17-16(29-5-2)11-8-6-7-9-13(11)30-17/h6-10H,4-5,24H2,1-3H3. The molecule has 0 aliphatic heterocycles. The molecule has 0 radical (unpaired) electrons. The molecule has 0 saturated heterocycles. The van der Waals surface area contributed by atoms with Crippen LogP contribution in [0.2, 0.25) is 0 Å². The third kappa shape index (κ3) is 3.81. The fraction of sp³-hybridized carbons (Fsp3) is 0.300. The maximum atomic E-state index is 13.3. The Hall–Kier alpha value is -2.46. The Morgan fingerprint density at radius 2 is 1.93 bits per heavy atom. The van der Waals surface area contributed by atoms with Crippen LogP contribution < -0.4 is 16.2 Å². The van der Waals surface area contributed by atoms with Gasteiger partial charge >= 0.3 is 6.18 Å². The van der Waals surface area contributed by atoms with E-state index in [1.54, 1.807) is 0 Å². The van der Waals surface area contributed by atoms with Crippen LogP contribution in [0, 0.1) is 0 Å². The topological polar surface area (TPSA) is 68.3 Å². The van der Waals surface area contributed by atoms with Crippen molar-refractivity contribution in [1.82, 2.24) is 4.57 Å². The molecule has 3 aromatic rings. The number of alkyl halides is 3. The van der Waals surface area contributed by atoms with Gasteiger partial charge in [0, 0.05) is 28.6 Å². The van der Waals surface area contributed by atoms with Gasteiger partial charge in [0.1, 0.15) is 16.3 Å². The summed E-state index contributed by atoms with van der Waals surface area (Å²) in [5.74, 6) is 0.244. The molecular weight excluding hydrogens is 435 g/mol. The van der Waals surface area contributed by atoms with Crippen molar-refractivity contribution in [2.45, 2.75) is 31.5 Å². The molecule has 0 aliphatic rings. The molecule has 10 heteroatoms. The molecule has 0 aliphatic carbocycles. The second-order valence-corrected chi connectivity index (χ2v) is 8.76. The lowest BCUT2D eigenvalue weighted by Gasteiger charge is -2.22. The van der Waals surface area contributed by atoms with Gasteiger partial charge in [-0.05, 0) is 24.8 Å². The van der Waals surface area contributed by atoms with Crippen LogP contribution in [0.1, 0.15) is 29.2 Å². The number of fused-ring (bicyclic) bond motifs is 1. The molecule has 1 amide bonds. The van der Waals surface area contributed by atoms with Gasteiger partial charge in [0.05, 0.1) is 5.69 Å². The summed E-state index contributed by atoms with van der Waals surface area (Å²) >= 11 is 2.78. The zero-order chi connectivity index (χ0) is 22.2. The highest BCUT2D eigenvalue weighted by molar-refractivity contribution is 7.99. The average Bonchev–Trinajstić information content (AvgIpc) is 3.05. The van der Waals surface area contributed by atoms with E-state index in [2.05, 4.69) is 0 Å². The number of nitrogens with two attached hydrogens (primary N) is 1. The fourth-order valence-corrected chi connectivity index (χ4v) is 5.52. The van der Waals surface area contributed by atoms with Crippen molar-refractivity contribution in [2.24, 2.45) is 0 Å². The van der Waals surface area contributed by atoms with Crippen molar-refractivity contribution in [1.29, 1.82) is 0 Å². The number of thioether (sulfide) groups is 1. The van der Waals surface area contributed by atoms with Gasteiger partial charge in [0.2, 0.25) is 0 Å². The second-order valence-electron chi connectivity index (χ2n) is 6.43. The van der Waals surface area contributed by atoms with E-state index in [0.29, 0.717) is 15.5 Å². The number of hydrogen-bond acceptors (Lipinski definition) is 5. The molecule has 1 aromatic carbocycles. The Morgan fingerprint density at radius 1 is 1.27 bits per heavy atom. The monoisotopic (exact) mass is 455 g/mol. The predicted molar refractivity (Wildman–Crippen MR) is 117 cm³/mol. The van der Waals surface area contributed by atoms with E-state index in [-0.39, 0.29) is 12.2 Å². The molecule has 2 N–H and O–H groups in total. The number of pyridine rings is 1. The van der Waals surface area contributed by atoms with E-state index >= 15 is 0 Å². The van der Waals surface area contributed by atoms with Gasteiger partial charge < -0.3 is 15.2 Å². The minimum Gasteiger partial charge on any atom is -0.397 e. The molecule has 0 fully saturated rings. The van der Waals surface area contributed by atoms with Gasteiger partial charge in [0.25, 0.3) is 11.5 Å². The Bertz CT molecular complexity index is 1170. The van der Waals surface area contributed by atoms with Crippen molar-refractivity contribution in [2.75, 3.05) is 23.4 Å². The Labute approximate surface area is 179 Å². The second kappa shape index (κ2) is 8.35. The Balaban J connectivity index is 2.15. The number of nitrogen functional groups attached to an aromatic ring is 1. The summed E-state index contributed by atoms with van der Waals surface area (Å²) in [5.41, 5.74) is 3.08. The van der Waals surface area contributed by atoms with Crippen molar-refractivity contribution < 1.29 is 18.0 Å². The summed E-state index contributed by atoms with van der Waals surface area (Å²) in [4.78, 5) is 28.4. The summed E-state index contributed by atoms with van der Waals surface area (Å²) < 4.78 is 41.4. The number of aromatic nitrogens is 1. The first kappa shape index (κ1) is 22.2. The van der Waals surface area contributed by atoms with Crippen LogP contribution in [-0.2, 0) is 12.7 Å². The summed E-state index contributed by atoms with van der Waals surface area (Å²) in [5, 5.41) is 0.928. The van der Waals surface area contributed by atoms with Crippen LogP contribution in [-0.4, -0.2) is 23.3 Å². The number of benzene rings is 1. The summed E-state index contributed by atoms with van der Waals surface area (Å²) in [6.45, 7) is 3.19. The third-order valence-corrected chi connectivity index (χ3v) is 6.87. The highest BCUT2D eigenvalue weighted by Crippen LogP contribution is 2.39. The number of thiophene rings is 1. The predicted octanol–water partition coefficient (Wildman–Crippen LogP) is 5.07. The van der Waals surface area contributed by atoms with Crippen LogP contribution >= 0.6 is 23.1 Å². The lowest BCUT2D eigenvalue weighted by atomic mass is 10.2. The van der Waals surface area contributed by atoms with Gasteiger partial charge in [-0.15, -0.1) is 23.1 Å². The Kier molecular flexibility index (Phi) is 6.19. The highest BCUT2D eigenvalue weighted by Gasteiger charge is 2.36. The zero-order valence-corrected chi connectivity index (χ0v) is 18.2. The van der Waals surface area contributed by atoms with E-state index in [1.807, 2.05) is 31.2 Å². The van der Waals surface area contributed by atoms with Gasteiger partial charge in [0.15, 0.2) is 0 Å². The lowest BCUT2D eigenvalue weighted by molar-refractivity contribution is -0.144. The van der Waals surface area contributed by atoms with Crippen LogP contribution in [0.4, 0.5) is 24.5 Å². The quantitative estimate of drug-likeness (QED) is 0.546. The normalized spacial score (nSPS) is 11.8. The summed E-state index contributed by atoms with van der Waals surface area (Å²) in [6.07, 6.45) is -4.74. The molecule has 0 spiro atoms.